The van der Waals surface area contributed by atoms with Crippen LogP contribution in [0.4, 0.5) is 0 Å². The van der Waals surface area contributed by atoms with Gasteiger partial charge in [0.2, 0.25) is 0 Å². The quantitative estimate of drug-likeness (QED) is 0.303. The third-order valence-corrected chi connectivity index (χ3v) is 5.56. The van der Waals surface area contributed by atoms with Crippen molar-refractivity contribution in [1.29, 1.82) is 0 Å². The number of benzene rings is 3. The van der Waals surface area contributed by atoms with Gasteiger partial charge in [-0.2, -0.15) is 0 Å². The highest BCUT2D eigenvalue weighted by molar-refractivity contribution is 5.35. The summed E-state index contributed by atoms with van der Waals surface area (Å²) in [6.45, 7) is 9.55. The summed E-state index contributed by atoms with van der Waals surface area (Å²) in [5.41, 5.74) is 3.89. The average Bonchev–Trinajstić information content (AvgIpc) is 2.79. The Bertz CT molecular complexity index is 906. The first-order valence-electron chi connectivity index (χ1n) is 11.9. The van der Waals surface area contributed by atoms with Gasteiger partial charge in [0.15, 0.2) is 0 Å². The molecule has 0 heterocycles. The number of hydrogen-bond acceptors (Lipinski definition) is 3. The van der Waals surface area contributed by atoms with Gasteiger partial charge < -0.3 is 15.4 Å². The number of hydrogen-bond donors (Lipinski definition) is 2. The zero-order valence-electron chi connectivity index (χ0n) is 19.8. The molecule has 0 fully saturated rings. The summed E-state index contributed by atoms with van der Waals surface area (Å²) in [5, 5.41) is 7.42. The molecule has 0 aliphatic rings. The van der Waals surface area contributed by atoms with Crippen LogP contribution in [0.2, 0.25) is 0 Å². The van der Waals surface area contributed by atoms with Gasteiger partial charge in [-0.05, 0) is 74.0 Å². The summed E-state index contributed by atoms with van der Waals surface area (Å²) in [6, 6.07) is 27.7. The zero-order valence-corrected chi connectivity index (χ0v) is 19.8. The second-order valence-electron chi connectivity index (χ2n) is 9.06. The van der Waals surface area contributed by atoms with Gasteiger partial charge in [-0.3, -0.25) is 0 Å². The molecule has 1 atom stereocenters. The topological polar surface area (TPSA) is 33.3 Å². The van der Waals surface area contributed by atoms with Gasteiger partial charge in [0.05, 0.1) is 0 Å². The highest BCUT2D eigenvalue weighted by Crippen LogP contribution is 2.22. The van der Waals surface area contributed by atoms with Crippen LogP contribution in [0.1, 0.15) is 43.4 Å². The highest BCUT2D eigenvalue weighted by Gasteiger charge is 2.10. The van der Waals surface area contributed by atoms with Crippen molar-refractivity contribution in [3.63, 3.8) is 0 Å². The molecule has 170 valence electrons. The van der Waals surface area contributed by atoms with E-state index in [-0.39, 0.29) is 0 Å². The largest absolute Gasteiger partial charge is 0.457 e. The lowest BCUT2D eigenvalue weighted by Gasteiger charge is -2.21. The molecule has 0 saturated heterocycles. The molecular formula is C29H38N2O. The summed E-state index contributed by atoms with van der Waals surface area (Å²) in [6.07, 6.45) is 3.45. The van der Waals surface area contributed by atoms with E-state index in [0.29, 0.717) is 12.0 Å². The van der Waals surface area contributed by atoms with Crippen LogP contribution in [0.15, 0.2) is 78.9 Å². The Balaban J connectivity index is 1.45. The number of nitrogens with one attached hydrogen (secondary N) is 2. The highest BCUT2D eigenvalue weighted by atomic mass is 16.5. The molecule has 0 amide bonds. The predicted molar refractivity (Wildman–Crippen MR) is 135 cm³/mol. The first-order valence-corrected chi connectivity index (χ1v) is 11.9. The Morgan fingerprint density at radius 2 is 1.56 bits per heavy atom. The van der Waals surface area contributed by atoms with Gasteiger partial charge in [-0.25, -0.2) is 0 Å². The Morgan fingerprint density at radius 1 is 0.812 bits per heavy atom. The molecule has 0 aromatic heterocycles. The van der Waals surface area contributed by atoms with E-state index in [1.54, 1.807) is 0 Å². The molecule has 0 aliphatic heterocycles. The average molecular weight is 431 g/mol. The third-order valence-electron chi connectivity index (χ3n) is 5.56. The normalized spacial score (nSPS) is 12.1. The monoisotopic (exact) mass is 430 g/mol. The summed E-state index contributed by atoms with van der Waals surface area (Å²) >= 11 is 0. The molecule has 0 aliphatic carbocycles. The smallest absolute Gasteiger partial charge is 0.127 e. The second kappa shape index (κ2) is 13.0. The molecular weight excluding hydrogens is 392 g/mol. The van der Waals surface area contributed by atoms with Crippen molar-refractivity contribution in [3.8, 4) is 11.5 Å². The number of ether oxygens (including phenoxy) is 1. The van der Waals surface area contributed by atoms with Crippen molar-refractivity contribution in [2.24, 2.45) is 5.92 Å². The molecule has 3 heteroatoms. The van der Waals surface area contributed by atoms with Crippen LogP contribution in [-0.2, 0) is 13.0 Å². The fourth-order valence-corrected chi connectivity index (χ4v) is 3.87. The van der Waals surface area contributed by atoms with E-state index in [1.807, 2.05) is 18.2 Å². The maximum absolute atomic E-state index is 6.03. The Kier molecular flexibility index (Phi) is 9.80. The molecule has 3 nitrogen and oxygen atoms in total. The van der Waals surface area contributed by atoms with Crippen molar-refractivity contribution < 1.29 is 4.74 Å². The molecule has 3 rings (SSSR count). The molecule has 3 aromatic carbocycles. The predicted octanol–water partition coefficient (Wildman–Crippen LogP) is 6.51. The Morgan fingerprint density at radius 3 is 2.31 bits per heavy atom. The van der Waals surface area contributed by atoms with Gasteiger partial charge in [0.1, 0.15) is 11.5 Å². The van der Waals surface area contributed by atoms with E-state index in [4.69, 9.17) is 4.74 Å². The van der Waals surface area contributed by atoms with Crippen LogP contribution < -0.4 is 15.4 Å². The van der Waals surface area contributed by atoms with Crippen LogP contribution in [-0.4, -0.2) is 19.1 Å². The minimum atomic E-state index is 0.452. The summed E-state index contributed by atoms with van der Waals surface area (Å²) < 4.78 is 6.03. The van der Waals surface area contributed by atoms with Crippen LogP contribution in [0, 0.1) is 12.8 Å². The second-order valence-corrected chi connectivity index (χ2v) is 9.06. The van der Waals surface area contributed by atoms with Gasteiger partial charge in [0, 0.05) is 19.1 Å². The van der Waals surface area contributed by atoms with Crippen LogP contribution in [0.3, 0.4) is 0 Å². The summed E-state index contributed by atoms with van der Waals surface area (Å²) in [4.78, 5) is 0. The minimum Gasteiger partial charge on any atom is -0.457 e. The molecule has 32 heavy (non-hydrogen) atoms. The van der Waals surface area contributed by atoms with E-state index in [2.05, 4.69) is 92.1 Å². The first-order chi connectivity index (χ1) is 15.6. The van der Waals surface area contributed by atoms with Gasteiger partial charge >= 0.3 is 0 Å². The fourth-order valence-electron chi connectivity index (χ4n) is 3.87. The van der Waals surface area contributed by atoms with Crippen molar-refractivity contribution in [2.75, 3.05) is 13.1 Å². The molecule has 1 unspecified atom stereocenters. The lowest BCUT2D eigenvalue weighted by atomic mass is 10.0. The number of aryl methyl sites for hydroxylation is 2. The van der Waals surface area contributed by atoms with Crippen molar-refractivity contribution >= 4 is 0 Å². The molecule has 3 aromatic rings. The molecule has 0 saturated carbocycles. The van der Waals surface area contributed by atoms with E-state index < -0.39 is 0 Å². The first kappa shape index (κ1) is 24.0. The van der Waals surface area contributed by atoms with E-state index in [1.165, 1.54) is 16.7 Å². The SMILES string of the molecule is Cc1ccc(Oc2cccc(CNC(CNCCCc3ccccc3)CC(C)C)c2)cc1. The minimum absolute atomic E-state index is 0.452. The van der Waals surface area contributed by atoms with Crippen molar-refractivity contribution in [3.05, 3.63) is 95.6 Å². The summed E-state index contributed by atoms with van der Waals surface area (Å²) in [5.74, 6) is 2.42. The molecule has 2 N–H and O–H groups in total. The van der Waals surface area contributed by atoms with Crippen LogP contribution >= 0.6 is 0 Å². The molecule has 0 spiro atoms. The Hall–Kier alpha value is -2.62. The van der Waals surface area contributed by atoms with Gasteiger partial charge in [0.25, 0.3) is 0 Å². The van der Waals surface area contributed by atoms with E-state index >= 15 is 0 Å². The zero-order chi connectivity index (χ0) is 22.6. The molecule has 0 bridgehead atoms. The lowest BCUT2D eigenvalue weighted by molar-refractivity contribution is 0.395. The van der Waals surface area contributed by atoms with E-state index in [9.17, 15) is 0 Å². The maximum atomic E-state index is 6.03. The van der Waals surface area contributed by atoms with Crippen LogP contribution in [0.25, 0.3) is 0 Å². The third kappa shape index (κ3) is 8.86. The van der Waals surface area contributed by atoms with Crippen LogP contribution in [0.5, 0.6) is 11.5 Å². The molecule has 0 radical (unpaired) electrons. The standard InChI is InChI=1S/C29H38N2O/c1-23(2)19-27(22-30-18-8-12-25-9-5-4-6-10-25)31-21-26-11-7-13-29(20-26)32-28-16-14-24(3)15-17-28/h4-7,9-11,13-17,20,23,27,30-31H,8,12,18-19,21-22H2,1-3H3. The maximum Gasteiger partial charge on any atom is 0.127 e. The van der Waals surface area contributed by atoms with Crippen molar-refractivity contribution in [1.82, 2.24) is 10.6 Å². The van der Waals surface area contributed by atoms with Crippen molar-refractivity contribution in [2.45, 2.75) is 52.6 Å². The van der Waals surface area contributed by atoms with E-state index in [0.717, 1.165) is 50.4 Å². The number of rotatable bonds is 13. The fraction of sp³-hybridized carbons (Fsp3) is 0.379. The lowest BCUT2D eigenvalue weighted by Crippen LogP contribution is -2.39. The van der Waals surface area contributed by atoms with Gasteiger partial charge in [-0.15, -0.1) is 0 Å². The Labute approximate surface area is 194 Å². The summed E-state index contributed by atoms with van der Waals surface area (Å²) in [7, 11) is 0. The van der Waals surface area contributed by atoms with Gasteiger partial charge in [-0.1, -0.05) is 74.0 Å².